The predicted octanol–water partition coefficient (Wildman–Crippen LogP) is 0.396. The zero-order valence-corrected chi connectivity index (χ0v) is 9.25. The third-order valence-electron chi connectivity index (χ3n) is 2.31. The van der Waals surface area contributed by atoms with Gasteiger partial charge in [0.15, 0.2) is 11.5 Å². The summed E-state index contributed by atoms with van der Waals surface area (Å²) in [5.41, 5.74) is 0.949. The first-order valence-corrected chi connectivity index (χ1v) is 5.03. The van der Waals surface area contributed by atoms with E-state index in [0.717, 1.165) is 5.69 Å². The molecular weight excluding hydrogens is 224 g/mol. The number of aromatic carboxylic acids is 1. The predicted molar refractivity (Wildman–Crippen MR) is 57.2 cm³/mol. The molecule has 2 N–H and O–H groups in total. The number of carbonyl (C=O) groups is 1. The number of nitrogens with one attached hydrogen (secondary N) is 1. The molecule has 0 radical (unpaired) electrons. The van der Waals surface area contributed by atoms with Gasteiger partial charge in [-0.2, -0.15) is 5.10 Å². The minimum Gasteiger partial charge on any atom is -0.476 e. The van der Waals surface area contributed by atoms with Crippen molar-refractivity contribution in [2.75, 3.05) is 0 Å². The first-order chi connectivity index (χ1) is 8.16. The van der Waals surface area contributed by atoms with E-state index in [2.05, 4.69) is 15.6 Å². The van der Waals surface area contributed by atoms with Crippen LogP contribution in [0.15, 0.2) is 22.9 Å². The molecule has 0 amide bonds. The van der Waals surface area contributed by atoms with Crippen molar-refractivity contribution in [2.24, 2.45) is 7.05 Å². The third-order valence-corrected chi connectivity index (χ3v) is 2.31. The molecule has 0 bridgehead atoms. The lowest BCUT2D eigenvalue weighted by Gasteiger charge is -2.02. The second-order valence-electron chi connectivity index (χ2n) is 3.53. The van der Waals surface area contributed by atoms with E-state index in [1.165, 1.54) is 6.07 Å². The molecule has 2 heterocycles. The Hall–Kier alpha value is -2.15. The lowest BCUT2D eigenvalue weighted by atomic mass is 10.3. The highest BCUT2D eigenvalue weighted by Crippen LogP contribution is 2.03. The molecule has 0 aromatic carbocycles. The summed E-state index contributed by atoms with van der Waals surface area (Å²) < 4.78 is 6.62. The van der Waals surface area contributed by atoms with Crippen LogP contribution in [0.4, 0.5) is 0 Å². The molecule has 17 heavy (non-hydrogen) atoms. The van der Waals surface area contributed by atoms with Crippen molar-refractivity contribution < 1.29 is 14.4 Å². The van der Waals surface area contributed by atoms with Gasteiger partial charge in [0.1, 0.15) is 0 Å². The van der Waals surface area contributed by atoms with Crippen LogP contribution in [-0.4, -0.2) is 26.0 Å². The third kappa shape index (κ3) is 2.70. The molecule has 0 aliphatic rings. The van der Waals surface area contributed by atoms with E-state index in [9.17, 15) is 4.79 Å². The van der Waals surface area contributed by atoms with E-state index in [-0.39, 0.29) is 5.69 Å². The van der Waals surface area contributed by atoms with E-state index < -0.39 is 5.97 Å². The number of aromatic nitrogens is 3. The SMILES string of the molecule is Cn1nccc1CNCc1cc(C(=O)O)no1. The highest BCUT2D eigenvalue weighted by Gasteiger charge is 2.10. The molecular formula is C10H12N4O3. The molecule has 7 nitrogen and oxygen atoms in total. The minimum atomic E-state index is -1.09. The lowest BCUT2D eigenvalue weighted by molar-refractivity contribution is 0.0685. The monoisotopic (exact) mass is 236 g/mol. The second kappa shape index (κ2) is 4.79. The fourth-order valence-corrected chi connectivity index (χ4v) is 1.39. The van der Waals surface area contributed by atoms with Crippen molar-refractivity contribution in [3.8, 4) is 0 Å². The van der Waals surface area contributed by atoms with E-state index in [1.807, 2.05) is 13.1 Å². The van der Waals surface area contributed by atoms with E-state index in [0.29, 0.717) is 18.8 Å². The van der Waals surface area contributed by atoms with Gasteiger partial charge in [-0.1, -0.05) is 5.16 Å². The van der Waals surface area contributed by atoms with Crippen LogP contribution in [0.2, 0.25) is 0 Å². The van der Waals surface area contributed by atoms with Crippen LogP contribution in [-0.2, 0) is 20.1 Å². The van der Waals surface area contributed by atoms with Crippen molar-refractivity contribution >= 4 is 5.97 Å². The summed E-state index contributed by atoms with van der Waals surface area (Å²) in [5, 5.41) is 19.2. The smallest absolute Gasteiger partial charge is 0.358 e. The fraction of sp³-hybridized carbons (Fsp3) is 0.300. The summed E-state index contributed by atoms with van der Waals surface area (Å²) in [6.07, 6.45) is 1.72. The zero-order chi connectivity index (χ0) is 12.3. The number of aryl methyl sites for hydroxylation is 1. The molecule has 0 unspecified atom stereocenters. The Bertz CT molecular complexity index is 517. The molecule has 2 rings (SSSR count). The Morgan fingerprint density at radius 3 is 3.00 bits per heavy atom. The number of carboxylic acid groups (broad SMARTS) is 1. The van der Waals surface area contributed by atoms with Crippen LogP contribution in [0.25, 0.3) is 0 Å². The average Bonchev–Trinajstić information content (AvgIpc) is 2.89. The van der Waals surface area contributed by atoms with Crippen molar-refractivity contribution in [1.82, 2.24) is 20.3 Å². The Kier molecular flexibility index (Phi) is 3.20. The summed E-state index contributed by atoms with van der Waals surface area (Å²) in [7, 11) is 1.86. The molecule has 2 aromatic heterocycles. The van der Waals surface area contributed by atoms with Crippen molar-refractivity contribution in [1.29, 1.82) is 0 Å². The molecule has 0 fully saturated rings. The summed E-state index contributed by atoms with van der Waals surface area (Å²) in [4.78, 5) is 10.6. The lowest BCUT2D eigenvalue weighted by Crippen LogP contribution is -2.14. The van der Waals surface area contributed by atoms with Crippen LogP contribution in [0.5, 0.6) is 0 Å². The molecule has 0 saturated carbocycles. The Morgan fingerprint density at radius 1 is 1.59 bits per heavy atom. The van der Waals surface area contributed by atoms with Gasteiger partial charge in [0.05, 0.1) is 12.2 Å². The van der Waals surface area contributed by atoms with E-state index >= 15 is 0 Å². The average molecular weight is 236 g/mol. The minimum absolute atomic E-state index is 0.0812. The van der Waals surface area contributed by atoms with Gasteiger partial charge in [0, 0.05) is 25.9 Å². The van der Waals surface area contributed by atoms with Crippen LogP contribution in [0, 0.1) is 0 Å². The molecule has 0 aliphatic heterocycles. The Balaban J connectivity index is 1.86. The van der Waals surface area contributed by atoms with E-state index in [1.54, 1.807) is 10.9 Å². The van der Waals surface area contributed by atoms with Crippen LogP contribution in [0.3, 0.4) is 0 Å². The molecule has 0 atom stereocenters. The first-order valence-electron chi connectivity index (χ1n) is 5.03. The van der Waals surface area contributed by atoms with Gasteiger partial charge in [-0.3, -0.25) is 4.68 Å². The summed E-state index contributed by atoms with van der Waals surface area (Å²) in [6.45, 7) is 1.05. The summed E-state index contributed by atoms with van der Waals surface area (Å²) >= 11 is 0. The maximum atomic E-state index is 10.6. The number of carboxylic acids is 1. The van der Waals surface area contributed by atoms with Crippen molar-refractivity contribution in [3.63, 3.8) is 0 Å². The van der Waals surface area contributed by atoms with Crippen LogP contribution < -0.4 is 5.32 Å². The molecule has 0 spiro atoms. The van der Waals surface area contributed by atoms with Gasteiger partial charge in [-0.25, -0.2) is 4.79 Å². The van der Waals surface area contributed by atoms with Crippen LogP contribution in [0.1, 0.15) is 21.9 Å². The topological polar surface area (TPSA) is 93.2 Å². The largest absolute Gasteiger partial charge is 0.476 e. The number of hydrogen-bond acceptors (Lipinski definition) is 5. The normalized spacial score (nSPS) is 10.6. The van der Waals surface area contributed by atoms with Gasteiger partial charge in [-0.15, -0.1) is 0 Å². The molecule has 90 valence electrons. The maximum absolute atomic E-state index is 10.6. The summed E-state index contributed by atoms with van der Waals surface area (Å²) in [5.74, 6) is -0.601. The van der Waals surface area contributed by atoms with Crippen molar-refractivity contribution in [3.05, 3.63) is 35.5 Å². The van der Waals surface area contributed by atoms with Gasteiger partial charge in [-0.05, 0) is 6.07 Å². The van der Waals surface area contributed by atoms with Gasteiger partial charge < -0.3 is 14.9 Å². The number of hydrogen-bond donors (Lipinski definition) is 2. The Labute approximate surface area is 97.0 Å². The van der Waals surface area contributed by atoms with Gasteiger partial charge in [0.25, 0.3) is 0 Å². The highest BCUT2D eigenvalue weighted by molar-refractivity contribution is 5.85. The van der Waals surface area contributed by atoms with Crippen molar-refractivity contribution in [2.45, 2.75) is 13.1 Å². The summed E-state index contributed by atoms with van der Waals surface area (Å²) in [6, 6.07) is 3.30. The van der Waals surface area contributed by atoms with E-state index in [4.69, 9.17) is 9.63 Å². The number of rotatable bonds is 5. The highest BCUT2D eigenvalue weighted by atomic mass is 16.5. The zero-order valence-electron chi connectivity index (χ0n) is 9.25. The molecule has 2 aromatic rings. The van der Waals surface area contributed by atoms with Crippen LogP contribution >= 0.6 is 0 Å². The molecule has 0 saturated heterocycles. The second-order valence-corrected chi connectivity index (χ2v) is 3.53. The quantitative estimate of drug-likeness (QED) is 0.780. The Morgan fingerprint density at radius 2 is 2.41 bits per heavy atom. The maximum Gasteiger partial charge on any atom is 0.358 e. The standard InChI is InChI=1S/C10H12N4O3/c1-14-7(2-3-12-14)5-11-6-8-4-9(10(15)16)13-17-8/h2-4,11H,5-6H2,1H3,(H,15,16). The first kappa shape index (κ1) is 11.3. The van der Waals surface area contributed by atoms with Gasteiger partial charge in [0.2, 0.25) is 0 Å². The molecule has 7 heteroatoms. The van der Waals surface area contributed by atoms with Gasteiger partial charge >= 0.3 is 5.97 Å². The number of nitrogens with zero attached hydrogens (tertiary/aromatic N) is 3. The fourth-order valence-electron chi connectivity index (χ4n) is 1.39. The molecule has 0 aliphatic carbocycles.